The topological polar surface area (TPSA) is 69.1 Å². The molecule has 0 aromatic carbocycles. The Labute approximate surface area is 70.8 Å². The molecule has 0 amide bonds. The Morgan fingerprint density at radius 3 is 2.92 bits per heavy atom. The number of nitrogens with zero attached hydrogens (tertiary/aromatic N) is 1. The van der Waals surface area contributed by atoms with Gasteiger partial charge in [-0.15, -0.1) is 0 Å². The fourth-order valence-electron chi connectivity index (χ4n) is 0.813. The Morgan fingerprint density at radius 2 is 2.50 bits per heavy atom. The summed E-state index contributed by atoms with van der Waals surface area (Å²) < 4.78 is 5.03. The van der Waals surface area contributed by atoms with Gasteiger partial charge in [-0.05, 0) is 13.3 Å². The molecule has 0 bridgehead atoms. The first-order valence-electron chi connectivity index (χ1n) is 3.87. The molecule has 1 atom stereocenters. The molecule has 12 heavy (non-hydrogen) atoms. The van der Waals surface area contributed by atoms with Crippen LogP contribution in [0, 0.1) is 6.92 Å². The summed E-state index contributed by atoms with van der Waals surface area (Å²) >= 11 is 0. The van der Waals surface area contributed by atoms with Gasteiger partial charge in [0, 0.05) is 0 Å². The van der Waals surface area contributed by atoms with Gasteiger partial charge in [-0.25, -0.2) is 4.98 Å². The van der Waals surface area contributed by atoms with Crippen molar-refractivity contribution in [1.82, 2.24) is 4.98 Å². The lowest BCUT2D eigenvalue weighted by molar-refractivity contribution is 0.0924. The maximum absolute atomic E-state index is 11.3. The quantitative estimate of drug-likeness (QED) is 0.681. The molecule has 0 radical (unpaired) electrons. The Hall–Kier alpha value is -1.16. The van der Waals surface area contributed by atoms with E-state index >= 15 is 0 Å². The van der Waals surface area contributed by atoms with Crippen molar-refractivity contribution >= 4 is 5.78 Å². The van der Waals surface area contributed by atoms with Gasteiger partial charge in [0.1, 0.15) is 5.76 Å². The predicted octanol–water partition coefficient (Wildman–Crippen LogP) is 0.903. The van der Waals surface area contributed by atoms with Crippen molar-refractivity contribution in [3.05, 3.63) is 17.8 Å². The van der Waals surface area contributed by atoms with Gasteiger partial charge in [-0.1, -0.05) is 6.92 Å². The highest BCUT2D eigenvalue weighted by Gasteiger charge is 2.18. The number of Topliss-reactive ketones (excluding diaryl/α,β-unsaturated/α-hetero) is 1. The summed E-state index contributed by atoms with van der Waals surface area (Å²) in [6.45, 7) is 3.58. The van der Waals surface area contributed by atoms with Crippen LogP contribution in [-0.4, -0.2) is 16.8 Å². The minimum Gasteiger partial charge on any atom is -0.439 e. The van der Waals surface area contributed by atoms with Crippen LogP contribution in [0.15, 0.2) is 10.6 Å². The molecule has 0 fully saturated rings. The van der Waals surface area contributed by atoms with Crippen molar-refractivity contribution in [3.8, 4) is 0 Å². The number of carbonyl (C=O) groups is 1. The van der Waals surface area contributed by atoms with Crippen molar-refractivity contribution in [3.63, 3.8) is 0 Å². The smallest absolute Gasteiger partial charge is 0.265 e. The Morgan fingerprint density at radius 1 is 1.83 bits per heavy atom. The molecule has 2 N–H and O–H groups in total. The fourth-order valence-corrected chi connectivity index (χ4v) is 0.813. The molecule has 0 aliphatic heterocycles. The van der Waals surface area contributed by atoms with Crippen LogP contribution in [0.2, 0.25) is 0 Å². The number of rotatable bonds is 3. The molecular weight excluding hydrogens is 156 g/mol. The molecule has 1 aromatic rings. The number of oxazole rings is 1. The molecule has 0 saturated heterocycles. The van der Waals surface area contributed by atoms with Crippen molar-refractivity contribution in [2.24, 2.45) is 5.73 Å². The van der Waals surface area contributed by atoms with E-state index in [4.69, 9.17) is 10.2 Å². The van der Waals surface area contributed by atoms with Crippen LogP contribution in [0.1, 0.15) is 29.8 Å². The number of nitrogens with two attached hydrogens (primary N) is 1. The molecular formula is C8H12N2O2. The van der Waals surface area contributed by atoms with Gasteiger partial charge in [0.25, 0.3) is 5.89 Å². The summed E-state index contributed by atoms with van der Waals surface area (Å²) in [5.74, 6) is 0.508. The molecule has 0 spiro atoms. The summed E-state index contributed by atoms with van der Waals surface area (Å²) in [5.41, 5.74) is 5.51. The number of ketones is 1. The zero-order valence-electron chi connectivity index (χ0n) is 7.20. The van der Waals surface area contributed by atoms with Gasteiger partial charge in [-0.2, -0.15) is 0 Å². The molecule has 1 aromatic heterocycles. The van der Waals surface area contributed by atoms with Crippen LogP contribution >= 0.6 is 0 Å². The van der Waals surface area contributed by atoms with E-state index in [0.29, 0.717) is 12.2 Å². The van der Waals surface area contributed by atoms with Gasteiger partial charge < -0.3 is 10.2 Å². The molecule has 4 heteroatoms. The molecule has 4 nitrogen and oxygen atoms in total. The molecule has 0 aliphatic rings. The highest BCUT2D eigenvalue weighted by Crippen LogP contribution is 2.05. The van der Waals surface area contributed by atoms with Crippen molar-refractivity contribution < 1.29 is 9.21 Å². The number of carbonyl (C=O) groups excluding carboxylic acids is 1. The van der Waals surface area contributed by atoms with E-state index in [1.54, 1.807) is 6.92 Å². The second-order valence-electron chi connectivity index (χ2n) is 2.66. The monoisotopic (exact) mass is 168 g/mol. The zero-order valence-corrected chi connectivity index (χ0v) is 7.20. The summed E-state index contributed by atoms with van der Waals surface area (Å²) in [6.07, 6.45) is 2.11. The lowest BCUT2D eigenvalue weighted by atomic mass is 10.1. The minimum atomic E-state index is -0.497. The first-order valence-corrected chi connectivity index (χ1v) is 3.87. The van der Waals surface area contributed by atoms with E-state index in [9.17, 15) is 4.79 Å². The lowest BCUT2D eigenvalue weighted by Gasteiger charge is -2.02. The van der Waals surface area contributed by atoms with Crippen LogP contribution in [0.5, 0.6) is 0 Å². The van der Waals surface area contributed by atoms with Crippen molar-refractivity contribution in [2.75, 3.05) is 0 Å². The first-order chi connectivity index (χ1) is 5.65. The van der Waals surface area contributed by atoms with Crippen LogP contribution < -0.4 is 5.73 Å². The zero-order chi connectivity index (χ0) is 9.14. The third-order valence-corrected chi connectivity index (χ3v) is 1.61. The van der Waals surface area contributed by atoms with E-state index in [-0.39, 0.29) is 11.7 Å². The van der Waals surface area contributed by atoms with Crippen LogP contribution in [0.4, 0.5) is 0 Å². The molecule has 1 rings (SSSR count). The Kier molecular flexibility index (Phi) is 2.60. The predicted molar refractivity (Wildman–Crippen MR) is 43.8 cm³/mol. The van der Waals surface area contributed by atoms with Gasteiger partial charge in [0.05, 0.1) is 12.2 Å². The summed E-state index contributed by atoms with van der Waals surface area (Å²) in [4.78, 5) is 15.1. The highest BCUT2D eigenvalue weighted by molar-refractivity contribution is 5.95. The molecule has 66 valence electrons. The summed E-state index contributed by atoms with van der Waals surface area (Å²) in [5, 5.41) is 0. The van der Waals surface area contributed by atoms with E-state index in [0.717, 1.165) is 0 Å². The summed E-state index contributed by atoms with van der Waals surface area (Å²) in [6, 6.07) is -0.497. The fraction of sp³-hybridized carbons (Fsp3) is 0.500. The van der Waals surface area contributed by atoms with E-state index < -0.39 is 6.04 Å². The summed E-state index contributed by atoms with van der Waals surface area (Å²) in [7, 11) is 0. The SMILES string of the molecule is CCC(N)C(=O)c1ncc(C)o1. The van der Waals surface area contributed by atoms with Crippen molar-refractivity contribution in [1.29, 1.82) is 0 Å². The normalized spacial score (nSPS) is 12.9. The Bertz CT molecular complexity index is 280. The van der Waals surface area contributed by atoms with Crippen molar-refractivity contribution in [2.45, 2.75) is 26.3 Å². The molecule has 0 aliphatic carbocycles. The Balaban J connectivity index is 2.78. The van der Waals surface area contributed by atoms with Gasteiger partial charge in [0.2, 0.25) is 5.78 Å². The van der Waals surface area contributed by atoms with Gasteiger partial charge in [-0.3, -0.25) is 4.79 Å². The number of hydrogen-bond donors (Lipinski definition) is 1. The molecule has 1 heterocycles. The van der Waals surface area contributed by atoms with E-state index in [2.05, 4.69) is 4.98 Å². The largest absolute Gasteiger partial charge is 0.439 e. The lowest BCUT2D eigenvalue weighted by Crippen LogP contribution is -2.29. The van der Waals surface area contributed by atoms with E-state index in [1.807, 2.05) is 6.92 Å². The van der Waals surface area contributed by atoms with Gasteiger partial charge in [0.15, 0.2) is 0 Å². The average Bonchev–Trinajstić information content (AvgIpc) is 2.49. The van der Waals surface area contributed by atoms with Crippen LogP contribution in [-0.2, 0) is 0 Å². The number of aromatic nitrogens is 1. The first kappa shape index (κ1) is 8.93. The maximum Gasteiger partial charge on any atom is 0.265 e. The van der Waals surface area contributed by atoms with Crippen LogP contribution in [0.3, 0.4) is 0 Å². The van der Waals surface area contributed by atoms with Crippen LogP contribution in [0.25, 0.3) is 0 Å². The van der Waals surface area contributed by atoms with Gasteiger partial charge >= 0.3 is 0 Å². The highest BCUT2D eigenvalue weighted by atomic mass is 16.4. The average molecular weight is 168 g/mol. The molecule has 1 unspecified atom stereocenters. The maximum atomic E-state index is 11.3. The third-order valence-electron chi connectivity index (χ3n) is 1.61. The standard InChI is InChI=1S/C8H12N2O2/c1-3-6(9)7(11)8-10-4-5(2)12-8/h4,6H,3,9H2,1-2H3. The third kappa shape index (κ3) is 1.71. The minimum absolute atomic E-state index is 0.113. The number of aryl methyl sites for hydroxylation is 1. The second-order valence-corrected chi connectivity index (χ2v) is 2.66. The number of hydrogen-bond acceptors (Lipinski definition) is 4. The second kappa shape index (κ2) is 3.49. The molecule has 0 saturated carbocycles. The van der Waals surface area contributed by atoms with E-state index in [1.165, 1.54) is 6.20 Å².